The van der Waals surface area contributed by atoms with E-state index in [4.69, 9.17) is 0 Å². The number of nitrogens with zero attached hydrogens (tertiary/aromatic N) is 2. The molecule has 0 aliphatic rings. The molecule has 0 aliphatic heterocycles. The van der Waals surface area contributed by atoms with E-state index in [0.717, 1.165) is 16.2 Å². The Hall–Kier alpha value is -1.16. The van der Waals surface area contributed by atoms with Gasteiger partial charge >= 0.3 is 0 Å². The van der Waals surface area contributed by atoms with Gasteiger partial charge < -0.3 is 0 Å². The Labute approximate surface area is 79.7 Å². The van der Waals surface area contributed by atoms with Gasteiger partial charge in [0.15, 0.2) is 0 Å². The molecule has 0 saturated heterocycles. The third-order valence-corrected chi connectivity index (χ3v) is 3.16. The van der Waals surface area contributed by atoms with Gasteiger partial charge in [-0.1, -0.05) is 0 Å². The van der Waals surface area contributed by atoms with Gasteiger partial charge in [0.25, 0.3) is 5.56 Å². The predicted molar refractivity (Wildman–Crippen MR) is 53.6 cm³/mol. The molecule has 0 N–H and O–H groups in total. The predicted octanol–water partition coefficient (Wildman–Crippen LogP) is 1.68. The van der Waals surface area contributed by atoms with Crippen LogP contribution in [0.2, 0.25) is 0 Å². The van der Waals surface area contributed by atoms with E-state index in [1.807, 2.05) is 31.4 Å². The molecule has 2 heterocycles. The maximum Gasteiger partial charge on any atom is 0.277 e. The van der Waals surface area contributed by atoms with E-state index >= 15 is 0 Å². The minimum Gasteiger partial charge on any atom is -0.295 e. The van der Waals surface area contributed by atoms with E-state index in [1.165, 1.54) is 4.88 Å². The largest absolute Gasteiger partial charge is 0.295 e. The Morgan fingerprint density at radius 3 is 2.77 bits per heavy atom. The zero-order valence-electron chi connectivity index (χ0n) is 7.79. The summed E-state index contributed by atoms with van der Waals surface area (Å²) in [7, 11) is 0. The topological polar surface area (TPSA) is 34.4 Å². The van der Waals surface area contributed by atoms with Crippen LogP contribution < -0.4 is 5.56 Å². The van der Waals surface area contributed by atoms with Crippen molar-refractivity contribution in [3.8, 4) is 0 Å². The van der Waals surface area contributed by atoms with Gasteiger partial charge in [0.05, 0.1) is 5.56 Å². The molecule has 0 atom stereocenters. The molecule has 0 saturated carbocycles. The Kier molecular flexibility index (Phi) is 1.73. The first-order valence-corrected chi connectivity index (χ1v) is 4.87. The van der Waals surface area contributed by atoms with Crippen molar-refractivity contribution in [3.63, 3.8) is 0 Å². The summed E-state index contributed by atoms with van der Waals surface area (Å²) in [4.78, 5) is 17.5. The molecule has 0 bridgehead atoms. The molecule has 0 aliphatic carbocycles. The Morgan fingerprint density at radius 1 is 1.38 bits per heavy atom. The van der Waals surface area contributed by atoms with Crippen LogP contribution in [0.1, 0.15) is 16.3 Å². The van der Waals surface area contributed by atoms with Gasteiger partial charge in [-0.3, -0.25) is 9.20 Å². The molecule has 4 heteroatoms. The van der Waals surface area contributed by atoms with E-state index in [-0.39, 0.29) is 5.56 Å². The van der Waals surface area contributed by atoms with E-state index in [1.54, 1.807) is 11.3 Å². The SMILES string of the molecule is Cc1cn2c(C)nc(=O)c(C)c2s1. The van der Waals surface area contributed by atoms with Crippen LogP contribution in [0.5, 0.6) is 0 Å². The minimum absolute atomic E-state index is 0.112. The van der Waals surface area contributed by atoms with Crippen LogP contribution in [-0.4, -0.2) is 9.38 Å². The first-order chi connectivity index (χ1) is 6.09. The molecule has 0 radical (unpaired) electrons. The lowest BCUT2D eigenvalue weighted by Gasteiger charge is -1.99. The molecule has 0 spiro atoms. The van der Waals surface area contributed by atoms with Crippen LogP contribution in [0.15, 0.2) is 11.0 Å². The van der Waals surface area contributed by atoms with Gasteiger partial charge in [-0.25, -0.2) is 0 Å². The molecule has 0 aromatic carbocycles. The molecule has 0 unspecified atom stereocenters. The molecule has 2 aromatic rings. The summed E-state index contributed by atoms with van der Waals surface area (Å²) in [5, 5.41) is 0. The Balaban J connectivity index is 3.04. The van der Waals surface area contributed by atoms with Gasteiger partial charge in [0.2, 0.25) is 0 Å². The summed E-state index contributed by atoms with van der Waals surface area (Å²) >= 11 is 1.63. The van der Waals surface area contributed by atoms with Crippen LogP contribution >= 0.6 is 11.3 Å². The monoisotopic (exact) mass is 194 g/mol. The second-order valence-corrected chi connectivity index (χ2v) is 4.34. The maximum absolute atomic E-state index is 11.3. The summed E-state index contributed by atoms with van der Waals surface area (Å²) in [5.41, 5.74) is 0.628. The molecular formula is C9H10N2OS. The highest BCUT2D eigenvalue weighted by Crippen LogP contribution is 2.18. The number of hydrogen-bond acceptors (Lipinski definition) is 3. The number of aryl methyl sites for hydroxylation is 3. The summed E-state index contributed by atoms with van der Waals surface area (Å²) in [6.07, 6.45) is 2.01. The van der Waals surface area contributed by atoms with Crippen molar-refractivity contribution in [1.29, 1.82) is 0 Å². The zero-order valence-corrected chi connectivity index (χ0v) is 8.60. The molecule has 0 amide bonds. The van der Waals surface area contributed by atoms with Crippen molar-refractivity contribution < 1.29 is 0 Å². The van der Waals surface area contributed by atoms with Crippen LogP contribution in [0.3, 0.4) is 0 Å². The van der Waals surface area contributed by atoms with Crippen molar-refractivity contribution >= 4 is 16.2 Å². The van der Waals surface area contributed by atoms with Crippen molar-refractivity contribution in [2.75, 3.05) is 0 Å². The number of thiazole rings is 1. The van der Waals surface area contributed by atoms with Gasteiger partial charge in [-0.2, -0.15) is 4.98 Å². The van der Waals surface area contributed by atoms with Crippen LogP contribution in [0.4, 0.5) is 0 Å². The third kappa shape index (κ3) is 1.18. The fourth-order valence-corrected chi connectivity index (χ4v) is 2.33. The van der Waals surface area contributed by atoms with Crippen molar-refractivity contribution in [2.24, 2.45) is 0 Å². The summed E-state index contributed by atoms with van der Waals surface area (Å²) in [5.74, 6) is 0.759. The number of aromatic nitrogens is 2. The van der Waals surface area contributed by atoms with E-state index in [0.29, 0.717) is 0 Å². The quantitative estimate of drug-likeness (QED) is 0.639. The smallest absolute Gasteiger partial charge is 0.277 e. The number of rotatable bonds is 0. The molecular weight excluding hydrogens is 184 g/mol. The first kappa shape index (κ1) is 8.44. The second kappa shape index (κ2) is 2.67. The van der Waals surface area contributed by atoms with Gasteiger partial charge in [0, 0.05) is 11.1 Å². The first-order valence-electron chi connectivity index (χ1n) is 4.05. The lowest BCUT2D eigenvalue weighted by Crippen LogP contribution is -2.13. The van der Waals surface area contributed by atoms with E-state index < -0.39 is 0 Å². The van der Waals surface area contributed by atoms with Crippen LogP contribution in [0.25, 0.3) is 4.83 Å². The molecule has 13 heavy (non-hydrogen) atoms. The minimum atomic E-state index is -0.112. The Bertz CT molecular complexity index is 524. The average Bonchev–Trinajstić information content (AvgIpc) is 2.44. The highest BCUT2D eigenvalue weighted by Gasteiger charge is 2.07. The fraction of sp³-hybridized carbons (Fsp3) is 0.333. The Morgan fingerprint density at radius 2 is 2.08 bits per heavy atom. The summed E-state index contributed by atoms with van der Waals surface area (Å²) in [6.45, 7) is 5.70. The summed E-state index contributed by atoms with van der Waals surface area (Å²) in [6, 6.07) is 0. The molecule has 68 valence electrons. The lowest BCUT2D eigenvalue weighted by atomic mass is 10.4. The van der Waals surface area contributed by atoms with Gasteiger partial charge in [-0.15, -0.1) is 11.3 Å². The fourth-order valence-electron chi connectivity index (χ4n) is 1.34. The van der Waals surface area contributed by atoms with Gasteiger partial charge in [-0.05, 0) is 20.8 Å². The average molecular weight is 194 g/mol. The van der Waals surface area contributed by atoms with E-state index in [9.17, 15) is 4.79 Å². The van der Waals surface area contributed by atoms with Crippen molar-refractivity contribution in [2.45, 2.75) is 20.8 Å². The lowest BCUT2D eigenvalue weighted by molar-refractivity contribution is 0.954. The zero-order chi connectivity index (χ0) is 9.59. The normalized spacial score (nSPS) is 11.0. The maximum atomic E-state index is 11.3. The number of fused-ring (bicyclic) bond motifs is 1. The highest BCUT2D eigenvalue weighted by atomic mass is 32.1. The van der Waals surface area contributed by atoms with E-state index in [2.05, 4.69) is 4.98 Å². The van der Waals surface area contributed by atoms with Crippen LogP contribution in [-0.2, 0) is 0 Å². The second-order valence-electron chi connectivity index (χ2n) is 3.11. The molecule has 2 aromatic heterocycles. The highest BCUT2D eigenvalue weighted by molar-refractivity contribution is 7.17. The molecule has 3 nitrogen and oxygen atoms in total. The van der Waals surface area contributed by atoms with Gasteiger partial charge in [0.1, 0.15) is 10.7 Å². The van der Waals surface area contributed by atoms with Crippen LogP contribution in [0, 0.1) is 20.8 Å². The standard InChI is InChI=1S/C9H10N2OS/c1-5-4-11-7(3)10-8(12)6(2)9(11)13-5/h4H,1-3H3. The third-order valence-electron chi connectivity index (χ3n) is 2.04. The number of hydrogen-bond donors (Lipinski definition) is 0. The molecule has 2 rings (SSSR count). The molecule has 0 fully saturated rings. The van der Waals surface area contributed by atoms with Crippen molar-refractivity contribution in [3.05, 3.63) is 32.8 Å². The van der Waals surface area contributed by atoms with Crippen molar-refractivity contribution in [1.82, 2.24) is 9.38 Å². The summed E-state index contributed by atoms with van der Waals surface area (Å²) < 4.78 is 1.97.